The minimum absolute atomic E-state index is 0.890. The highest BCUT2D eigenvalue weighted by molar-refractivity contribution is 6.09. The van der Waals surface area contributed by atoms with Crippen LogP contribution >= 0.6 is 0 Å². The summed E-state index contributed by atoms with van der Waals surface area (Å²) in [4.78, 5) is 0. The van der Waals surface area contributed by atoms with Crippen molar-refractivity contribution in [2.45, 2.75) is 0 Å². The van der Waals surface area contributed by atoms with Gasteiger partial charge in [0.2, 0.25) is 0 Å². The lowest BCUT2D eigenvalue weighted by Gasteiger charge is -2.18. The highest BCUT2D eigenvalue weighted by atomic mass is 16.3. The van der Waals surface area contributed by atoms with Gasteiger partial charge in [-0.25, -0.2) is 0 Å². The first-order chi connectivity index (χ1) is 23.8. The van der Waals surface area contributed by atoms with E-state index in [1.54, 1.807) is 0 Å². The molecule has 0 fully saturated rings. The van der Waals surface area contributed by atoms with Crippen molar-refractivity contribution < 1.29 is 8.83 Å². The molecule has 0 spiro atoms. The van der Waals surface area contributed by atoms with Gasteiger partial charge >= 0.3 is 0 Å². The third-order valence-electron chi connectivity index (χ3n) is 9.99. The number of furan rings is 2. The lowest BCUT2D eigenvalue weighted by molar-refractivity contribution is 0.665. The molecule has 0 saturated carbocycles. The van der Waals surface area contributed by atoms with E-state index in [9.17, 15) is 0 Å². The molecule has 4 aromatic heterocycles. The smallest absolute Gasteiger partial charge is 0.159 e. The molecule has 0 unspecified atom stereocenters. The van der Waals surface area contributed by atoms with E-state index in [2.05, 4.69) is 143 Å². The summed E-state index contributed by atoms with van der Waals surface area (Å²) in [6.45, 7) is 0. The van der Waals surface area contributed by atoms with Crippen LogP contribution in [0, 0.1) is 0 Å². The number of para-hydroxylation sites is 4. The monoisotopic (exact) mass is 614 g/mol. The highest BCUT2D eigenvalue weighted by Gasteiger charge is 2.26. The van der Waals surface area contributed by atoms with Gasteiger partial charge in [0.25, 0.3) is 0 Å². The second-order valence-electron chi connectivity index (χ2n) is 12.6. The van der Waals surface area contributed by atoms with Crippen LogP contribution in [0.4, 0.5) is 0 Å². The molecule has 11 rings (SSSR count). The maximum Gasteiger partial charge on any atom is 0.159 e. The zero-order chi connectivity index (χ0) is 31.3. The van der Waals surface area contributed by atoms with Crippen molar-refractivity contribution in [2.24, 2.45) is 0 Å². The zero-order valence-electron chi connectivity index (χ0n) is 25.7. The topological polar surface area (TPSA) is 36.1 Å². The number of nitrogens with zero attached hydrogens (tertiary/aromatic N) is 2. The number of benzene rings is 6. The predicted octanol–water partition coefficient (Wildman–Crippen LogP) is 12.0. The summed E-state index contributed by atoms with van der Waals surface area (Å²) in [5.74, 6) is 0. The number of rotatable bonds is 2. The van der Waals surface area contributed by atoms with Gasteiger partial charge in [0, 0.05) is 68.6 Å². The molecule has 0 saturated heterocycles. The van der Waals surface area contributed by atoms with Gasteiger partial charge < -0.3 is 18.0 Å². The van der Waals surface area contributed by atoms with Gasteiger partial charge in [-0.3, -0.25) is 0 Å². The third-order valence-corrected chi connectivity index (χ3v) is 9.99. The van der Waals surface area contributed by atoms with Gasteiger partial charge in [-0.05, 0) is 46.5 Å². The van der Waals surface area contributed by atoms with E-state index in [-0.39, 0.29) is 0 Å². The number of hydrogen-bond donors (Lipinski definition) is 0. The second kappa shape index (κ2) is 9.50. The fraction of sp³-hybridized carbons (Fsp3) is 0. The summed E-state index contributed by atoms with van der Waals surface area (Å²) < 4.78 is 17.4. The van der Waals surface area contributed by atoms with Crippen LogP contribution < -0.4 is 0 Å². The summed E-state index contributed by atoms with van der Waals surface area (Å²) in [6, 6.07) is 46.9. The van der Waals surface area contributed by atoms with Gasteiger partial charge in [-0.15, -0.1) is 0 Å². The second-order valence-corrected chi connectivity index (χ2v) is 12.6. The van der Waals surface area contributed by atoms with Crippen molar-refractivity contribution in [3.63, 3.8) is 0 Å². The molecule has 48 heavy (non-hydrogen) atoms. The Morgan fingerprint density at radius 2 is 0.625 bits per heavy atom. The highest BCUT2D eigenvalue weighted by Crippen LogP contribution is 2.49. The fourth-order valence-electron chi connectivity index (χ4n) is 7.82. The predicted molar refractivity (Wildman–Crippen MR) is 195 cm³/mol. The van der Waals surface area contributed by atoms with E-state index in [4.69, 9.17) is 8.83 Å². The maximum atomic E-state index is 6.47. The third kappa shape index (κ3) is 3.49. The molecule has 0 radical (unpaired) electrons. The lowest BCUT2D eigenvalue weighted by Crippen LogP contribution is -1.92. The first-order valence-electron chi connectivity index (χ1n) is 16.2. The number of aromatic nitrogens is 2. The minimum Gasteiger partial charge on any atom is -0.454 e. The van der Waals surface area contributed by atoms with E-state index < -0.39 is 0 Å². The Morgan fingerprint density at radius 3 is 1.02 bits per heavy atom. The number of fused-ring (bicyclic) bond motifs is 14. The van der Waals surface area contributed by atoms with Gasteiger partial charge in [0.05, 0.1) is 11.4 Å². The molecule has 1 aliphatic rings. The van der Waals surface area contributed by atoms with Crippen LogP contribution in [-0.2, 0) is 0 Å². The van der Waals surface area contributed by atoms with Crippen LogP contribution in [0.1, 0.15) is 0 Å². The van der Waals surface area contributed by atoms with Crippen molar-refractivity contribution in [3.8, 4) is 55.9 Å². The molecular formula is C44H26N2O2. The minimum atomic E-state index is 0.890. The molecule has 1 aliphatic carbocycles. The quantitative estimate of drug-likeness (QED) is 0.194. The first kappa shape index (κ1) is 25.6. The van der Waals surface area contributed by atoms with Crippen LogP contribution in [0.2, 0.25) is 0 Å². The number of hydrogen-bond acceptors (Lipinski definition) is 2. The lowest BCUT2D eigenvalue weighted by atomic mass is 9.84. The maximum absolute atomic E-state index is 6.47. The summed E-state index contributed by atoms with van der Waals surface area (Å²) >= 11 is 0. The Balaban J connectivity index is 1.16. The van der Waals surface area contributed by atoms with Crippen LogP contribution in [0.5, 0.6) is 0 Å². The Labute approximate surface area is 275 Å². The first-order valence-corrected chi connectivity index (χ1v) is 16.2. The summed E-state index contributed by atoms with van der Waals surface area (Å²) in [6.07, 6.45) is 9.07. The van der Waals surface area contributed by atoms with E-state index >= 15 is 0 Å². The molecule has 224 valence electrons. The molecular weight excluding hydrogens is 588 g/mol. The Kier molecular flexibility index (Phi) is 5.08. The summed E-state index contributed by atoms with van der Waals surface area (Å²) in [7, 11) is 0. The van der Waals surface area contributed by atoms with E-state index in [0.717, 1.165) is 55.3 Å². The molecule has 0 amide bonds. The van der Waals surface area contributed by atoms with Gasteiger partial charge in [0.1, 0.15) is 11.2 Å². The molecule has 4 heteroatoms. The Hall–Kier alpha value is -6.52. The van der Waals surface area contributed by atoms with Crippen molar-refractivity contribution in [2.75, 3.05) is 0 Å². The van der Waals surface area contributed by atoms with Crippen molar-refractivity contribution in [3.05, 3.63) is 158 Å². The van der Waals surface area contributed by atoms with E-state index in [1.165, 1.54) is 44.5 Å². The Bertz CT molecular complexity index is 2630. The molecule has 0 N–H and O–H groups in total. The van der Waals surface area contributed by atoms with Crippen molar-refractivity contribution in [1.29, 1.82) is 0 Å². The average Bonchev–Trinajstić information content (AvgIpc) is 3.93. The molecule has 0 atom stereocenters. The normalized spacial score (nSPS) is 12.2. The average molecular weight is 615 g/mol. The van der Waals surface area contributed by atoms with Crippen LogP contribution in [0.15, 0.2) is 167 Å². The molecule has 6 aromatic carbocycles. The van der Waals surface area contributed by atoms with E-state index in [0.29, 0.717) is 0 Å². The molecule has 4 nitrogen and oxygen atoms in total. The molecule has 0 aliphatic heterocycles. The SMILES string of the molecule is c1ccc2c(c1)-c1cn(-c3cccc4c3oc3ccccc34)cc1-c1ccccc1-c1cn(-c3cccc4c3oc3ccccc34)cc1-2. The van der Waals surface area contributed by atoms with Crippen LogP contribution in [0.25, 0.3) is 99.8 Å². The zero-order valence-corrected chi connectivity index (χ0v) is 25.7. The van der Waals surface area contributed by atoms with Crippen LogP contribution in [-0.4, -0.2) is 9.13 Å². The molecule has 10 aromatic rings. The molecule has 0 bridgehead atoms. The molecule has 4 heterocycles. The fourth-order valence-corrected chi connectivity index (χ4v) is 7.82. The van der Waals surface area contributed by atoms with Crippen molar-refractivity contribution in [1.82, 2.24) is 9.13 Å². The largest absolute Gasteiger partial charge is 0.454 e. The standard InChI is InChI=1S/C44H26N2O2/c1-2-12-28-27(11-1)35-23-45(39-19-9-17-33-31-15-5-7-21-41(31)47-43(33)39)25-37(35)29-13-3-4-14-30(29)38-26-46(24-36(28)38)40-20-10-18-34-32-16-6-8-22-42(32)48-44(34)40/h1-26H. The van der Waals surface area contributed by atoms with Crippen molar-refractivity contribution >= 4 is 43.9 Å². The van der Waals surface area contributed by atoms with Gasteiger partial charge in [-0.2, -0.15) is 0 Å². The van der Waals surface area contributed by atoms with Gasteiger partial charge in [0.15, 0.2) is 11.2 Å². The Morgan fingerprint density at radius 1 is 0.292 bits per heavy atom. The summed E-state index contributed by atoms with van der Waals surface area (Å²) in [5, 5.41) is 4.50. The van der Waals surface area contributed by atoms with Gasteiger partial charge in [-0.1, -0.05) is 109 Å². The van der Waals surface area contributed by atoms with E-state index in [1.807, 2.05) is 24.3 Å². The van der Waals surface area contributed by atoms with Crippen LogP contribution in [0.3, 0.4) is 0 Å². The summed E-state index contributed by atoms with van der Waals surface area (Å²) in [5.41, 5.74) is 15.1.